The first kappa shape index (κ1) is 26.2. The zero-order valence-electron chi connectivity index (χ0n) is 21.2. The highest BCUT2D eigenvalue weighted by atomic mass is 79.9. The second kappa shape index (κ2) is 8.99. The molecule has 0 spiro atoms. The van der Waals surface area contributed by atoms with Crippen molar-refractivity contribution in [2.45, 2.75) is 32.6 Å². The Labute approximate surface area is 237 Å². The van der Waals surface area contributed by atoms with Crippen LogP contribution in [0.5, 0.6) is 5.75 Å². The maximum Gasteiger partial charge on any atom is 0.241 e. The molecule has 2 aliphatic heterocycles. The summed E-state index contributed by atoms with van der Waals surface area (Å²) in [5.74, 6) is -5.38. The molecule has 6 rings (SSSR count). The predicted octanol–water partition coefficient (Wildman–Crippen LogP) is 5.20. The van der Waals surface area contributed by atoms with Crippen LogP contribution in [-0.4, -0.2) is 40.2 Å². The first-order valence-corrected chi connectivity index (χ1v) is 14.0. The molecule has 1 saturated carbocycles. The number of halogens is 3. The highest BCUT2D eigenvalue weighted by Gasteiger charge is 2.67. The van der Waals surface area contributed by atoms with E-state index in [0.29, 0.717) is 16.5 Å². The van der Waals surface area contributed by atoms with Gasteiger partial charge >= 0.3 is 0 Å². The molecule has 4 aliphatic rings. The SMILES string of the molecule is CCN1C(=O)C2CC=C3C(CC4C(=O)N(c5ccc(F)c(Cl)c5)C(=O)C4(C)C3c3cc(Br)ccc3O)C2C1=O. The van der Waals surface area contributed by atoms with Crippen LogP contribution in [0.15, 0.2) is 52.5 Å². The van der Waals surface area contributed by atoms with Gasteiger partial charge in [-0.1, -0.05) is 39.2 Å². The molecular weight excluding hydrogens is 591 g/mol. The number of likely N-dealkylation sites (tertiary alicyclic amines) is 1. The third-order valence-corrected chi connectivity index (χ3v) is 9.93. The molecule has 3 fully saturated rings. The van der Waals surface area contributed by atoms with E-state index in [9.17, 15) is 28.7 Å². The van der Waals surface area contributed by atoms with Crippen LogP contribution in [0.4, 0.5) is 10.1 Å². The number of hydrogen-bond donors (Lipinski definition) is 1. The minimum atomic E-state index is -1.32. The molecule has 6 atom stereocenters. The lowest BCUT2D eigenvalue weighted by molar-refractivity contribution is -0.140. The molecule has 2 aromatic rings. The fourth-order valence-corrected chi connectivity index (χ4v) is 7.92. The monoisotopic (exact) mass is 614 g/mol. The van der Waals surface area contributed by atoms with Gasteiger partial charge < -0.3 is 5.11 Å². The topological polar surface area (TPSA) is 95.0 Å². The van der Waals surface area contributed by atoms with Crippen LogP contribution in [0.2, 0.25) is 5.02 Å². The van der Waals surface area contributed by atoms with Gasteiger partial charge in [-0.05, 0) is 69.0 Å². The van der Waals surface area contributed by atoms with Crippen LogP contribution in [0.3, 0.4) is 0 Å². The molecule has 39 heavy (non-hydrogen) atoms. The van der Waals surface area contributed by atoms with E-state index in [1.54, 1.807) is 26.0 Å². The summed E-state index contributed by atoms with van der Waals surface area (Å²) in [4.78, 5) is 57.2. The molecule has 0 aromatic heterocycles. The number of benzene rings is 2. The van der Waals surface area contributed by atoms with Gasteiger partial charge in [0.1, 0.15) is 11.6 Å². The molecule has 0 radical (unpaired) electrons. The maximum absolute atomic E-state index is 14.3. The summed E-state index contributed by atoms with van der Waals surface area (Å²) in [5, 5.41) is 10.8. The van der Waals surface area contributed by atoms with Gasteiger partial charge in [0.25, 0.3) is 0 Å². The highest BCUT2D eigenvalue weighted by Crippen LogP contribution is 2.64. The number of fused-ring (bicyclic) bond motifs is 4. The van der Waals surface area contributed by atoms with Crippen molar-refractivity contribution < 1.29 is 28.7 Å². The highest BCUT2D eigenvalue weighted by molar-refractivity contribution is 9.10. The second-order valence-electron chi connectivity index (χ2n) is 10.9. The van der Waals surface area contributed by atoms with E-state index in [4.69, 9.17) is 11.6 Å². The summed E-state index contributed by atoms with van der Waals surface area (Å²) in [5.41, 5.74) is 0.0723. The average molecular weight is 616 g/mol. The summed E-state index contributed by atoms with van der Waals surface area (Å²) in [6.45, 7) is 3.74. The molecule has 6 unspecified atom stereocenters. The Hall–Kier alpha value is -3.04. The lowest BCUT2D eigenvalue weighted by Gasteiger charge is -2.49. The first-order chi connectivity index (χ1) is 18.5. The van der Waals surface area contributed by atoms with Crippen LogP contribution < -0.4 is 4.90 Å². The minimum absolute atomic E-state index is 0.0422. The zero-order chi connectivity index (χ0) is 28.0. The Morgan fingerprint density at radius 2 is 1.82 bits per heavy atom. The molecule has 4 amide bonds. The van der Waals surface area contributed by atoms with Gasteiger partial charge in [-0.3, -0.25) is 24.1 Å². The van der Waals surface area contributed by atoms with Crippen molar-refractivity contribution in [3.63, 3.8) is 0 Å². The van der Waals surface area contributed by atoms with Crippen molar-refractivity contribution in [1.82, 2.24) is 4.90 Å². The van der Waals surface area contributed by atoms with Gasteiger partial charge in [-0.15, -0.1) is 0 Å². The predicted molar refractivity (Wildman–Crippen MR) is 144 cm³/mol. The average Bonchev–Trinajstić information content (AvgIpc) is 3.26. The third-order valence-electron chi connectivity index (χ3n) is 9.14. The van der Waals surface area contributed by atoms with Crippen LogP contribution in [0, 0.1) is 34.9 Å². The van der Waals surface area contributed by atoms with Crippen molar-refractivity contribution in [3.8, 4) is 5.75 Å². The lowest BCUT2D eigenvalue weighted by Crippen LogP contribution is -2.48. The van der Waals surface area contributed by atoms with E-state index in [1.165, 1.54) is 23.1 Å². The van der Waals surface area contributed by atoms with Crippen molar-refractivity contribution in [1.29, 1.82) is 0 Å². The molecule has 2 heterocycles. The number of anilines is 1. The van der Waals surface area contributed by atoms with E-state index in [1.807, 2.05) is 6.08 Å². The number of allylic oxidation sites excluding steroid dienone is 2. The van der Waals surface area contributed by atoms with Gasteiger partial charge in [0, 0.05) is 22.5 Å². The number of hydrogen-bond acceptors (Lipinski definition) is 5. The van der Waals surface area contributed by atoms with Gasteiger partial charge in [-0.25, -0.2) is 9.29 Å². The van der Waals surface area contributed by atoms with Crippen molar-refractivity contribution in [3.05, 3.63) is 68.9 Å². The molecule has 7 nitrogen and oxygen atoms in total. The number of imide groups is 2. The van der Waals surface area contributed by atoms with Crippen molar-refractivity contribution in [2.24, 2.45) is 29.1 Å². The molecule has 2 aliphatic carbocycles. The summed E-state index contributed by atoms with van der Waals surface area (Å²) in [7, 11) is 0. The quantitative estimate of drug-likeness (QED) is 0.379. The fraction of sp³-hybridized carbons (Fsp3) is 0.379. The van der Waals surface area contributed by atoms with E-state index in [2.05, 4.69) is 15.9 Å². The van der Waals surface area contributed by atoms with E-state index in [-0.39, 0.29) is 41.2 Å². The fourth-order valence-electron chi connectivity index (χ4n) is 7.36. The Morgan fingerprint density at radius 3 is 2.51 bits per heavy atom. The number of phenols is 1. The summed E-state index contributed by atoms with van der Waals surface area (Å²) < 4.78 is 14.6. The maximum atomic E-state index is 14.3. The van der Waals surface area contributed by atoms with Crippen LogP contribution >= 0.6 is 27.5 Å². The number of carbonyl (C=O) groups is 4. The number of nitrogens with zero attached hydrogens (tertiary/aromatic N) is 2. The number of carbonyl (C=O) groups excluding carboxylic acids is 4. The van der Waals surface area contributed by atoms with Crippen LogP contribution in [-0.2, 0) is 19.2 Å². The van der Waals surface area contributed by atoms with Gasteiger partial charge in [0.2, 0.25) is 23.6 Å². The zero-order valence-corrected chi connectivity index (χ0v) is 23.5. The van der Waals surface area contributed by atoms with Gasteiger partial charge in [0.05, 0.1) is 33.9 Å². The normalized spacial score (nSPS) is 31.8. The second-order valence-corrected chi connectivity index (χ2v) is 12.2. The van der Waals surface area contributed by atoms with Crippen LogP contribution in [0.1, 0.15) is 38.2 Å². The smallest absolute Gasteiger partial charge is 0.241 e. The summed E-state index contributed by atoms with van der Waals surface area (Å²) >= 11 is 9.47. The molecule has 2 saturated heterocycles. The van der Waals surface area contributed by atoms with Crippen molar-refractivity contribution >= 4 is 56.8 Å². The molecule has 202 valence electrons. The summed E-state index contributed by atoms with van der Waals surface area (Å²) in [6, 6.07) is 8.62. The Morgan fingerprint density at radius 1 is 1.08 bits per heavy atom. The molecule has 10 heteroatoms. The first-order valence-electron chi connectivity index (χ1n) is 12.9. The molecule has 2 aromatic carbocycles. The van der Waals surface area contributed by atoms with Crippen LogP contribution in [0.25, 0.3) is 0 Å². The van der Waals surface area contributed by atoms with Crippen molar-refractivity contribution in [2.75, 3.05) is 11.4 Å². The number of phenolic OH excluding ortho intramolecular Hbond substituents is 1. The standard InChI is InChI=1S/C29H25BrClFN2O5/c1-3-33-25(36)16-7-6-15-17(23(16)27(33)38)12-19-26(37)34(14-5-8-21(32)20(31)11-14)28(39)29(19,2)24(15)18-10-13(30)4-9-22(18)35/h4-6,8-11,16-17,19,23-24,35H,3,7,12H2,1-2H3. The van der Waals surface area contributed by atoms with Gasteiger partial charge in [0.15, 0.2) is 0 Å². The van der Waals surface area contributed by atoms with E-state index in [0.717, 1.165) is 16.5 Å². The van der Waals surface area contributed by atoms with Gasteiger partial charge in [-0.2, -0.15) is 0 Å². The molecule has 1 N–H and O–H groups in total. The third kappa shape index (κ3) is 3.51. The van der Waals surface area contributed by atoms with E-state index < -0.39 is 52.6 Å². The Balaban J connectivity index is 1.55. The Kier molecular flexibility index (Phi) is 6.04. The summed E-state index contributed by atoms with van der Waals surface area (Å²) in [6.07, 6.45) is 2.46. The van der Waals surface area contributed by atoms with E-state index >= 15 is 0 Å². The molecule has 0 bridgehead atoms. The number of amides is 4. The molecular formula is C29H25BrClFN2O5. The lowest BCUT2D eigenvalue weighted by atomic mass is 9.51. The Bertz CT molecular complexity index is 1510. The minimum Gasteiger partial charge on any atom is -0.508 e. The number of rotatable bonds is 3. The largest absolute Gasteiger partial charge is 0.508 e. The number of aromatic hydroxyl groups is 1.